The highest BCUT2D eigenvalue weighted by molar-refractivity contribution is 5.92. The van der Waals surface area contributed by atoms with Gasteiger partial charge in [-0.3, -0.25) is 14.7 Å². The number of H-pyrrole nitrogens is 1. The summed E-state index contributed by atoms with van der Waals surface area (Å²) in [7, 11) is 0. The first kappa shape index (κ1) is 28.0. The van der Waals surface area contributed by atoms with E-state index >= 15 is 0 Å². The van der Waals surface area contributed by atoms with Gasteiger partial charge in [-0.25, -0.2) is 14.8 Å². The van der Waals surface area contributed by atoms with E-state index in [0.29, 0.717) is 6.42 Å². The summed E-state index contributed by atoms with van der Waals surface area (Å²) < 4.78 is 0. The monoisotopic (exact) mass is 579 g/mol. The third kappa shape index (κ3) is 5.67. The third-order valence-electron chi connectivity index (χ3n) is 7.95. The largest absolute Gasteiger partial charge is 0.508 e. The maximum absolute atomic E-state index is 14.2. The van der Waals surface area contributed by atoms with Gasteiger partial charge >= 0.3 is 6.03 Å². The average molecular weight is 580 g/mol. The lowest BCUT2D eigenvalue weighted by molar-refractivity contribution is -0.189. The highest BCUT2D eigenvalue weighted by Gasteiger charge is 2.51. The smallest absolute Gasteiger partial charge is 0.334 e. The van der Waals surface area contributed by atoms with Crippen LogP contribution in [-0.2, 0) is 29.1 Å². The number of carbonyl (C=O) groups excluding carboxylic acids is 3. The number of carbonyl (C=O) groups is 3. The van der Waals surface area contributed by atoms with Gasteiger partial charge in [0.05, 0.1) is 24.8 Å². The molecular formula is C32H33N7O4. The Bertz CT molecular complexity index is 1640. The summed E-state index contributed by atoms with van der Waals surface area (Å²) in [4.78, 5) is 45.1. The number of benzene rings is 3. The number of nitrogens with zero attached hydrogens (tertiary/aromatic N) is 5. The first-order valence-electron chi connectivity index (χ1n) is 14.2. The maximum Gasteiger partial charge on any atom is 0.334 e. The van der Waals surface area contributed by atoms with Gasteiger partial charge < -0.3 is 20.2 Å². The minimum absolute atomic E-state index is 0.0683. The Balaban J connectivity index is 1.35. The van der Waals surface area contributed by atoms with Crippen molar-refractivity contribution in [3.8, 4) is 5.75 Å². The van der Waals surface area contributed by atoms with Crippen LogP contribution in [0, 0.1) is 0 Å². The van der Waals surface area contributed by atoms with Gasteiger partial charge in [-0.1, -0.05) is 66.7 Å². The number of aromatic amines is 1. The van der Waals surface area contributed by atoms with Crippen molar-refractivity contribution in [1.82, 2.24) is 35.3 Å². The number of rotatable bonds is 8. The van der Waals surface area contributed by atoms with Crippen molar-refractivity contribution < 1.29 is 19.5 Å². The minimum Gasteiger partial charge on any atom is -0.508 e. The lowest BCUT2D eigenvalue weighted by Gasteiger charge is -2.55. The number of nitrogens with one attached hydrogen (secondary N) is 2. The van der Waals surface area contributed by atoms with E-state index in [0.717, 1.165) is 27.6 Å². The molecule has 11 nitrogen and oxygen atoms in total. The average Bonchev–Trinajstić information content (AvgIpc) is 3.50. The Morgan fingerprint density at radius 2 is 1.84 bits per heavy atom. The fraction of sp³-hybridized carbons (Fsp3) is 0.250. The summed E-state index contributed by atoms with van der Waals surface area (Å²) >= 11 is 0. The predicted octanol–water partition coefficient (Wildman–Crippen LogP) is 3.01. The summed E-state index contributed by atoms with van der Waals surface area (Å²) in [6, 6.07) is 20.8. The molecule has 0 spiro atoms. The van der Waals surface area contributed by atoms with Crippen LogP contribution in [-0.4, -0.2) is 84.8 Å². The van der Waals surface area contributed by atoms with Crippen molar-refractivity contribution in [2.24, 2.45) is 0 Å². The normalized spacial score (nSPS) is 19.0. The molecular weight excluding hydrogens is 546 g/mol. The van der Waals surface area contributed by atoms with Gasteiger partial charge in [0.15, 0.2) is 0 Å². The van der Waals surface area contributed by atoms with Gasteiger partial charge in [0, 0.05) is 31.4 Å². The molecule has 3 aromatic carbocycles. The van der Waals surface area contributed by atoms with Crippen molar-refractivity contribution in [1.29, 1.82) is 0 Å². The molecule has 0 unspecified atom stereocenters. The Kier molecular flexibility index (Phi) is 7.80. The lowest BCUT2D eigenvalue weighted by atomic mass is 9.98. The van der Waals surface area contributed by atoms with E-state index in [9.17, 15) is 19.5 Å². The molecule has 6 rings (SSSR count). The van der Waals surface area contributed by atoms with Gasteiger partial charge in [-0.15, -0.1) is 6.58 Å². The Labute approximate surface area is 249 Å². The van der Waals surface area contributed by atoms with Crippen molar-refractivity contribution in [3.63, 3.8) is 0 Å². The quantitative estimate of drug-likeness (QED) is 0.276. The zero-order valence-corrected chi connectivity index (χ0v) is 23.6. The van der Waals surface area contributed by atoms with Gasteiger partial charge in [0.1, 0.15) is 18.0 Å². The molecule has 4 aromatic rings. The van der Waals surface area contributed by atoms with Crippen molar-refractivity contribution >= 4 is 28.7 Å². The standard InChI is InChI=1S/C32H33N7O4/c1-2-15-37-21-29(41)38-27(16-22-7-4-3-5-8-22)31(42)36(19-25-10-6-9-24-18-34-35-30(24)25)20-28(38)39(37)32(43)33-17-23-11-13-26(40)14-12-23/h2-14,18,27-28,40H,1,15-17,19-21H2,(H,33,43)(H,34,35)/t27-,28-/m0/s1. The fourth-order valence-corrected chi connectivity index (χ4v) is 5.92. The van der Waals surface area contributed by atoms with Gasteiger partial charge in [0.25, 0.3) is 0 Å². The molecule has 3 N–H and O–H groups in total. The zero-order valence-electron chi connectivity index (χ0n) is 23.6. The third-order valence-corrected chi connectivity index (χ3v) is 7.95. The summed E-state index contributed by atoms with van der Waals surface area (Å²) in [5.74, 6) is -0.259. The van der Waals surface area contributed by atoms with E-state index in [-0.39, 0.29) is 50.3 Å². The Morgan fingerprint density at radius 3 is 2.60 bits per heavy atom. The molecule has 3 heterocycles. The Morgan fingerprint density at radius 1 is 1.05 bits per heavy atom. The number of fused-ring (bicyclic) bond motifs is 2. The van der Waals surface area contributed by atoms with Crippen LogP contribution in [0.5, 0.6) is 5.75 Å². The second-order valence-electron chi connectivity index (χ2n) is 10.8. The fourth-order valence-electron chi connectivity index (χ4n) is 5.92. The van der Waals surface area contributed by atoms with Crippen molar-refractivity contribution in [3.05, 3.63) is 108 Å². The van der Waals surface area contributed by atoms with Crippen LogP contribution in [0.2, 0.25) is 0 Å². The summed E-state index contributed by atoms with van der Waals surface area (Å²) in [5, 5.41) is 23.9. The highest BCUT2D eigenvalue weighted by atomic mass is 16.3. The van der Waals surface area contributed by atoms with Crippen LogP contribution in [0.25, 0.3) is 10.9 Å². The second-order valence-corrected chi connectivity index (χ2v) is 10.8. The summed E-state index contributed by atoms with van der Waals surface area (Å²) in [6.45, 7) is 4.67. The van der Waals surface area contributed by atoms with Crippen LogP contribution >= 0.6 is 0 Å². The van der Waals surface area contributed by atoms with Crippen molar-refractivity contribution in [2.75, 3.05) is 19.6 Å². The molecule has 2 aliphatic heterocycles. The second kappa shape index (κ2) is 12.0. The molecule has 0 radical (unpaired) electrons. The number of hydrogen-bond donors (Lipinski definition) is 3. The van der Waals surface area contributed by atoms with E-state index in [2.05, 4.69) is 22.1 Å². The SMILES string of the molecule is C=CCN1CC(=O)N2[C@@H](Cc3ccccc3)C(=O)N(Cc3cccc4cn[nH]c34)C[C@@H]2N1C(=O)NCc1ccc(O)cc1. The molecule has 43 heavy (non-hydrogen) atoms. The predicted molar refractivity (Wildman–Crippen MR) is 160 cm³/mol. The maximum atomic E-state index is 14.2. The first-order valence-corrected chi connectivity index (χ1v) is 14.2. The number of amides is 4. The zero-order chi connectivity index (χ0) is 29.9. The molecule has 1 aromatic heterocycles. The number of piperazine rings is 1. The summed E-state index contributed by atoms with van der Waals surface area (Å²) in [5.41, 5.74) is 3.46. The first-order chi connectivity index (χ1) is 20.9. The number of aromatic nitrogens is 2. The van der Waals surface area contributed by atoms with E-state index in [1.165, 1.54) is 0 Å². The minimum atomic E-state index is -0.798. The lowest BCUT2D eigenvalue weighted by Crippen LogP contribution is -2.76. The van der Waals surface area contributed by atoms with E-state index in [4.69, 9.17) is 0 Å². The van der Waals surface area contributed by atoms with Gasteiger partial charge in [-0.2, -0.15) is 5.10 Å². The molecule has 2 saturated heterocycles. The molecule has 2 atom stereocenters. The van der Waals surface area contributed by atoms with E-state index < -0.39 is 18.2 Å². The number of hydrazine groups is 1. The number of aromatic hydroxyl groups is 1. The number of phenols is 1. The van der Waals surface area contributed by atoms with E-state index in [1.54, 1.807) is 56.4 Å². The molecule has 0 aliphatic carbocycles. The van der Waals surface area contributed by atoms with Crippen LogP contribution in [0.15, 0.2) is 91.6 Å². The highest BCUT2D eigenvalue weighted by Crippen LogP contribution is 2.30. The number of hydrogen-bond acceptors (Lipinski definition) is 6. The van der Waals surface area contributed by atoms with Gasteiger partial charge in [-0.05, 0) is 28.8 Å². The molecule has 11 heteroatoms. The molecule has 0 bridgehead atoms. The van der Waals surface area contributed by atoms with E-state index in [1.807, 2.05) is 48.5 Å². The van der Waals surface area contributed by atoms with Crippen molar-refractivity contribution in [2.45, 2.75) is 31.7 Å². The number of para-hydroxylation sites is 1. The molecule has 0 saturated carbocycles. The molecule has 220 valence electrons. The van der Waals surface area contributed by atoms with Crippen LogP contribution in [0.1, 0.15) is 16.7 Å². The van der Waals surface area contributed by atoms with Gasteiger partial charge in [0.2, 0.25) is 11.8 Å². The molecule has 4 amide bonds. The molecule has 2 fully saturated rings. The summed E-state index contributed by atoms with van der Waals surface area (Å²) in [6.07, 6.45) is 2.96. The number of urea groups is 1. The van der Waals surface area contributed by atoms with Crippen LogP contribution < -0.4 is 5.32 Å². The molecule has 2 aliphatic rings. The van der Waals surface area contributed by atoms with Crippen LogP contribution in [0.4, 0.5) is 4.79 Å². The number of phenolic OH excluding ortho intramolecular Hbond substituents is 1. The van der Waals surface area contributed by atoms with Crippen LogP contribution in [0.3, 0.4) is 0 Å². The topological polar surface area (TPSA) is 125 Å². The Hall–Kier alpha value is -5.16.